The summed E-state index contributed by atoms with van der Waals surface area (Å²) < 4.78 is 17.2. The Bertz CT molecular complexity index is 2090. The molecule has 2 aliphatic heterocycles. The fourth-order valence-electron chi connectivity index (χ4n) is 8.40. The molecule has 4 unspecified atom stereocenters. The number of ether oxygens (including phenoxy) is 3. The summed E-state index contributed by atoms with van der Waals surface area (Å²) in [5.41, 5.74) is 1.95. The molecule has 7 atom stereocenters. The summed E-state index contributed by atoms with van der Waals surface area (Å²) in [6.07, 6.45) is 0.773. The Balaban J connectivity index is 1.09. The van der Waals surface area contributed by atoms with Gasteiger partial charge in [0.25, 0.3) is 5.91 Å². The third-order valence-corrected chi connectivity index (χ3v) is 13.6. The number of nitrogens with zero attached hydrogens (tertiary/aromatic N) is 1. The summed E-state index contributed by atoms with van der Waals surface area (Å²) in [6, 6.07) is 17.4. The van der Waals surface area contributed by atoms with Gasteiger partial charge in [-0.1, -0.05) is 40.6 Å². The average Bonchev–Trinajstić information content (AvgIpc) is 3.84. The van der Waals surface area contributed by atoms with Gasteiger partial charge in [-0.3, -0.25) is 24.1 Å². The molecular weight excluding hydrogens is 721 g/mol. The van der Waals surface area contributed by atoms with Crippen LogP contribution in [0.4, 0.5) is 11.4 Å². The van der Waals surface area contributed by atoms with Gasteiger partial charge in [0.05, 0.1) is 46.3 Å². The normalized spacial score (nSPS) is 26.0. The highest BCUT2D eigenvalue weighted by atomic mass is 35.5. The zero-order valence-electron chi connectivity index (χ0n) is 26.8. The van der Waals surface area contributed by atoms with Crippen LogP contribution in [0.15, 0.2) is 70.5 Å². The first-order valence-corrected chi connectivity index (χ1v) is 18.7. The summed E-state index contributed by atoms with van der Waals surface area (Å²) in [4.78, 5) is 58.7. The first kappa shape index (κ1) is 33.2. The van der Waals surface area contributed by atoms with Crippen molar-refractivity contribution in [3.63, 3.8) is 0 Å². The maximum absolute atomic E-state index is 14.1. The summed E-state index contributed by atoms with van der Waals surface area (Å²) in [5, 5.41) is 4.31. The van der Waals surface area contributed by atoms with Crippen molar-refractivity contribution in [2.45, 2.75) is 29.5 Å². The number of halogens is 2. The predicted octanol–water partition coefficient (Wildman–Crippen LogP) is 6.85. The monoisotopic (exact) mass is 751 g/mol. The van der Waals surface area contributed by atoms with Crippen molar-refractivity contribution in [1.29, 1.82) is 0 Å². The van der Waals surface area contributed by atoms with Crippen LogP contribution < -0.4 is 29.3 Å². The second-order valence-corrected chi connectivity index (χ2v) is 15.8. The summed E-state index contributed by atoms with van der Waals surface area (Å²) in [6.45, 7) is 1.95. The van der Waals surface area contributed by atoms with Gasteiger partial charge >= 0.3 is 4.87 Å². The first-order chi connectivity index (χ1) is 24.2. The highest BCUT2D eigenvalue weighted by Crippen LogP contribution is 2.69. The van der Waals surface area contributed by atoms with Crippen LogP contribution in [0.1, 0.15) is 29.7 Å². The molecule has 4 aliphatic rings. The number of rotatable bonds is 9. The van der Waals surface area contributed by atoms with E-state index in [1.54, 1.807) is 67.4 Å². The molecule has 2 aliphatic carbocycles. The summed E-state index contributed by atoms with van der Waals surface area (Å²) in [7, 11) is 1.57. The van der Waals surface area contributed by atoms with Gasteiger partial charge in [-0.05, 0) is 91.3 Å². The van der Waals surface area contributed by atoms with Crippen molar-refractivity contribution < 1.29 is 28.6 Å². The number of anilines is 2. The van der Waals surface area contributed by atoms with Crippen molar-refractivity contribution in [3.05, 3.63) is 90.8 Å². The Morgan fingerprint density at radius 2 is 1.70 bits per heavy atom. The van der Waals surface area contributed by atoms with E-state index in [1.807, 2.05) is 19.1 Å². The Kier molecular flexibility index (Phi) is 8.61. The van der Waals surface area contributed by atoms with Crippen LogP contribution in [0.3, 0.4) is 0 Å². The van der Waals surface area contributed by atoms with Crippen LogP contribution in [-0.4, -0.2) is 48.3 Å². The van der Waals surface area contributed by atoms with Gasteiger partial charge in [0, 0.05) is 21.7 Å². The van der Waals surface area contributed by atoms with Gasteiger partial charge in [-0.15, -0.1) is 11.8 Å². The van der Waals surface area contributed by atoms with Crippen LogP contribution in [-0.2, 0) is 14.4 Å². The number of methoxy groups -OCH3 is 1. The Morgan fingerprint density at radius 3 is 2.42 bits per heavy atom. The van der Waals surface area contributed by atoms with E-state index >= 15 is 0 Å². The molecule has 2 bridgehead atoms. The molecule has 258 valence electrons. The van der Waals surface area contributed by atoms with Crippen LogP contribution in [0.5, 0.6) is 17.2 Å². The Hall–Kier alpha value is -3.97. The van der Waals surface area contributed by atoms with Gasteiger partial charge in [0.1, 0.15) is 5.75 Å². The molecular formula is C36H31Cl2N3O7S2. The Labute approximate surface area is 305 Å². The Morgan fingerprint density at radius 1 is 0.940 bits per heavy atom. The molecule has 14 heteroatoms. The van der Waals surface area contributed by atoms with Crippen molar-refractivity contribution in [2.24, 2.45) is 29.6 Å². The maximum atomic E-state index is 14.1. The van der Waals surface area contributed by atoms with Crippen LogP contribution in [0.2, 0.25) is 10.0 Å². The van der Waals surface area contributed by atoms with Crippen molar-refractivity contribution in [2.75, 3.05) is 30.5 Å². The molecule has 1 aromatic heterocycles. The minimum atomic E-state index is -0.431. The lowest BCUT2D eigenvalue weighted by atomic mass is 9.68. The number of H-pyrrole nitrogens is 1. The van der Waals surface area contributed by atoms with E-state index in [2.05, 4.69) is 10.3 Å². The quantitative estimate of drug-likeness (QED) is 0.178. The number of benzene rings is 3. The number of nitrogens with one attached hydrogen (secondary N) is 2. The molecule has 2 saturated carbocycles. The summed E-state index contributed by atoms with van der Waals surface area (Å²) >= 11 is 14.9. The standard InChI is InChI=1S/C36H31Cl2N3O7S2/c1-3-47-25-12-16(4-11-24(25)48-15-26(42)39-17-5-10-22(37)23(38)13-17)27-28-20-14-21(31(28)49-33-32(27)50-36(45)40-33)30-29(20)34(43)41(35(30)44)18-6-8-19(46-2)9-7-18/h4-13,20-21,27-31H,3,14-15H2,1-2H3,(H,39,42)(H,40,45)/t20-,21-,27-,28?,29?,30?,31?/m1/s1. The molecule has 8 rings (SSSR count). The van der Waals surface area contributed by atoms with Crippen LogP contribution in [0, 0.1) is 29.6 Å². The molecule has 4 aromatic rings. The molecule has 50 heavy (non-hydrogen) atoms. The minimum Gasteiger partial charge on any atom is -0.497 e. The largest absolute Gasteiger partial charge is 0.497 e. The van der Waals surface area contributed by atoms with Crippen LogP contribution in [0.25, 0.3) is 0 Å². The van der Waals surface area contributed by atoms with E-state index in [1.165, 1.54) is 16.2 Å². The van der Waals surface area contributed by atoms with E-state index in [9.17, 15) is 19.2 Å². The number of aromatic amines is 1. The van der Waals surface area contributed by atoms with Crippen molar-refractivity contribution in [3.8, 4) is 17.2 Å². The molecule has 1 saturated heterocycles. The number of hydrogen-bond acceptors (Lipinski definition) is 9. The second kappa shape index (κ2) is 13.0. The number of thioether (sulfide) groups is 1. The highest BCUT2D eigenvalue weighted by Gasteiger charge is 2.69. The topological polar surface area (TPSA) is 127 Å². The summed E-state index contributed by atoms with van der Waals surface area (Å²) in [5.74, 6) is -0.291. The van der Waals surface area contributed by atoms with E-state index in [0.29, 0.717) is 45.3 Å². The lowest BCUT2D eigenvalue weighted by molar-refractivity contribution is -0.123. The third-order valence-electron chi connectivity index (χ3n) is 10.2. The first-order valence-electron chi connectivity index (χ1n) is 16.2. The average molecular weight is 753 g/mol. The number of carbonyl (C=O) groups excluding carboxylic acids is 3. The zero-order chi connectivity index (χ0) is 34.8. The van der Waals surface area contributed by atoms with Gasteiger partial charge in [-0.25, -0.2) is 0 Å². The molecule has 3 amide bonds. The SMILES string of the molecule is CCOc1cc([C@H]2c3sc(=O)[nH]c3SC3C2[C@H]2C[C@@H]3C3C(=O)N(c4ccc(OC)cc4)C(=O)C32)ccc1OCC(=O)Nc1ccc(Cl)c(Cl)c1. The van der Waals surface area contributed by atoms with E-state index < -0.39 is 11.8 Å². The second-order valence-electron chi connectivity index (χ2n) is 12.8. The molecule has 10 nitrogen and oxygen atoms in total. The number of imide groups is 1. The van der Waals surface area contributed by atoms with E-state index in [-0.39, 0.29) is 58.1 Å². The van der Waals surface area contributed by atoms with Gasteiger partial charge in [-0.2, -0.15) is 0 Å². The molecule has 0 radical (unpaired) electrons. The number of fused-ring (bicyclic) bond motifs is 9. The lowest BCUT2D eigenvalue weighted by Crippen LogP contribution is -2.42. The predicted molar refractivity (Wildman–Crippen MR) is 192 cm³/mol. The third kappa shape index (κ3) is 5.47. The van der Waals surface area contributed by atoms with Crippen LogP contribution >= 0.6 is 46.3 Å². The maximum Gasteiger partial charge on any atom is 0.305 e. The van der Waals surface area contributed by atoms with Crippen molar-refractivity contribution in [1.82, 2.24) is 4.98 Å². The molecule has 3 fully saturated rings. The van der Waals surface area contributed by atoms with Gasteiger partial charge in [0.2, 0.25) is 11.8 Å². The number of carbonyl (C=O) groups is 3. The van der Waals surface area contributed by atoms with E-state index in [4.69, 9.17) is 37.4 Å². The molecule has 0 spiro atoms. The minimum absolute atomic E-state index is 0.0102. The number of hydrogen-bond donors (Lipinski definition) is 2. The lowest BCUT2D eigenvalue weighted by Gasteiger charge is -2.43. The van der Waals surface area contributed by atoms with Gasteiger partial charge in [0.15, 0.2) is 18.1 Å². The fourth-order valence-corrected chi connectivity index (χ4v) is 11.6. The smallest absolute Gasteiger partial charge is 0.305 e. The van der Waals surface area contributed by atoms with Gasteiger partial charge < -0.3 is 24.5 Å². The molecule has 3 heterocycles. The molecule has 2 N–H and O–H groups in total. The molecule has 3 aromatic carbocycles. The number of thiazole rings is 1. The highest BCUT2D eigenvalue weighted by molar-refractivity contribution is 8.00. The number of amides is 3. The number of aromatic nitrogens is 1. The zero-order valence-corrected chi connectivity index (χ0v) is 30.0. The van der Waals surface area contributed by atoms with E-state index in [0.717, 1.165) is 21.9 Å². The van der Waals surface area contributed by atoms with Crippen molar-refractivity contribution >= 4 is 75.4 Å². The fraction of sp³-hybridized carbons (Fsp3) is 0.333.